The summed E-state index contributed by atoms with van der Waals surface area (Å²) in [4.78, 5) is 33.1. The standard InChI is InChI=1S/C27H33ClN4O3/c1-29(2)25(34)22-9-8-20(14-23(22)28)30-10-12-31(13-11-30)21-15-27(16-21)17-32(18-27)26(35)24(33)19-6-4-3-5-7-19/h3-9,14,21,24,33H,10-13,15-18H2,1-2H3. The summed E-state index contributed by atoms with van der Waals surface area (Å²) in [7, 11) is 3.45. The SMILES string of the molecule is CN(C)C(=O)c1ccc(N2CCN(C3CC4(C3)CN(C(=O)C(O)c3ccccc3)C4)CC2)cc1Cl. The van der Waals surface area contributed by atoms with Crippen LogP contribution in [-0.4, -0.2) is 91.0 Å². The van der Waals surface area contributed by atoms with Crippen LogP contribution in [0.5, 0.6) is 0 Å². The molecule has 0 aromatic heterocycles. The lowest BCUT2D eigenvalue weighted by molar-refractivity contribution is -0.166. The zero-order valence-electron chi connectivity index (χ0n) is 20.4. The molecule has 3 aliphatic rings. The molecule has 35 heavy (non-hydrogen) atoms. The van der Waals surface area contributed by atoms with Crippen LogP contribution in [0.3, 0.4) is 0 Å². The quantitative estimate of drug-likeness (QED) is 0.689. The number of aliphatic hydroxyl groups excluding tert-OH is 1. The lowest BCUT2D eigenvalue weighted by Gasteiger charge is -2.61. The van der Waals surface area contributed by atoms with E-state index in [0.717, 1.165) is 57.8 Å². The van der Waals surface area contributed by atoms with Crippen molar-refractivity contribution in [1.82, 2.24) is 14.7 Å². The van der Waals surface area contributed by atoms with Gasteiger partial charge in [-0.15, -0.1) is 0 Å². The molecule has 0 radical (unpaired) electrons. The number of aliphatic hydroxyl groups is 1. The maximum atomic E-state index is 12.7. The summed E-state index contributed by atoms with van der Waals surface area (Å²) in [6.07, 6.45) is 1.16. The second-order valence-electron chi connectivity index (χ2n) is 10.5. The summed E-state index contributed by atoms with van der Waals surface area (Å²) in [6.45, 7) is 5.34. The molecule has 1 saturated carbocycles. The van der Waals surface area contributed by atoms with Gasteiger partial charge in [-0.1, -0.05) is 41.9 Å². The van der Waals surface area contributed by atoms with Crippen LogP contribution in [0.25, 0.3) is 0 Å². The van der Waals surface area contributed by atoms with Gasteiger partial charge in [0.2, 0.25) is 0 Å². The maximum Gasteiger partial charge on any atom is 0.256 e. The number of carbonyl (C=O) groups excluding carboxylic acids is 2. The molecule has 1 atom stereocenters. The van der Waals surface area contributed by atoms with E-state index in [4.69, 9.17) is 11.6 Å². The van der Waals surface area contributed by atoms with Crippen LogP contribution in [0.2, 0.25) is 5.02 Å². The monoisotopic (exact) mass is 496 g/mol. The summed E-state index contributed by atoms with van der Waals surface area (Å²) >= 11 is 6.41. The van der Waals surface area contributed by atoms with Crippen LogP contribution >= 0.6 is 11.6 Å². The Labute approximate surface area is 211 Å². The highest BCUT2D eigenvalue weighted by Gasteiger charge is 2.55. The van der Waals surface area contributed by atoms with Crippen LogP contribution in [-0.2, 0) is 4.79 Å². The Morgan fingerprint density at radius 3 is 2.29 bits per heavy atom. The Balaban J connectivity index is 1.08. The summed E-state index contributed by atoms with van der Waals surface area (Å²) in [6, 6.07) is 15.4. The van der Waals surface area contributed by atoms with Crippen molar-refractivity contribution < 1.29 is 14.7 Å². The van der Waals surface area contributed by atoms with Gasteiger partial charge in [-0.3, -0.25) is 14.5 Å². The third kappa shape index (κ3) is 4.65. The average molecular weight is 497 g/mol. The first-order valence-corrected chi connectivity index (χ1v) is 12.7. The highest BCUT2D eigenvalue weighted by atomic mass is 35.5. The Morgan fingerprint density at radius 2 is 1.69 bits per heavy atom. The van der Waals surface area contributed by atoms with E-state index in [1.54, 1.807) is 31.1 Å². The van der Waals surface area contributed by atoms with Gasteiger partial charge < -0.3 is 19.8 Å². The van der Waals surface area contributed by atoms with Crippen molar-refractivity contribution >= 4 is 29.1 Å². The van der Waals surface area contributed by atoms with Gasteiger partial charge in [0, 0.05) is 70.5 Å². The van der Waals surface area contributed by atoms with Crippen molar-refractivity contribution in [2.45, 2.75) is 25.0 Å². The number of anilines is 1. The van der Waals surface area contributed by atoms with E-state index >= 15 is 0 Å². The molecule has 2 aliphatic heterocycles. The van der Waals surface area contributed by atoms with Gasteiger partial charge in [0.05, 0.1) is 10.6 Å². The fourth-order valence-corrected chi connectivity index (χ4v) is 6.04. The molecule has 3 fully saturated rings. The number of hydrogen-bond acceptors (Lipinski definition) is 5. The van der Waals surface area contributed by atoms with Crippen LogP contribution < -0.4 is 4.90 Å². The van der Waals surface area contributed by atoms with E-state index in [9.17, 15) is 14.7 Å². The summed E-state index contributed by atoms with van der Waals surface area (Å²) in [5, 5.41) is 10.9. The molecule has 8 heteroatoms. The van der Waals surface area contributed by atoms with E-state index in [1.165, 1.54) is 4.90 Å². The molecule has 1 aliphatic carbocycles. The number of rotatable bonds is 5. The smallest absolute Gasteiger partial charge is 0.256 e. The van der Waals surface area contributed by atoms with Crippen LogP contribution in [0, 0.1) is 5.41 Å². The van der Waals surface area contributed by atoms with E-state index < -0.39 is 6.10 Å². The zero-order chi connectivity index (χ0) is 24.7. The second-order valence-corrected chi connectivity index (χ2v) is 10.9. The predicted molar refractivity (Wildman–Crippen MR) is 137 cm³/mol. The van der Waals surface area contributed by atoms with Crippen molar-refractivity contribution in [3.05, 3.63) is 64.7 Å². The number of nitrogens with zero attached hydrogens (tertiary/aromatic N) is 4. The molecule has 2 heterocycles. The van der Waals surface area contributed by atoms with Gasteiger partial charge in [0.15, 0.2) is 6.10 Å². The van der Waals surface area contributed by atoms with Crippen molar-refractivity contribution in [3.8, 4) is 0 Å². The molecule has 1 N–H and O–H groups in total. The Morgan fingerprint density at radius 1 is 1.03 bits per heavy atom. The number of amides is 2. The number of halogens is 1. The molecular formula is C27H33ClN4O3. The zero-order valence-corrected chi connectivity index (χ0v) is 21.1. The molecule has 2 amide bonds. The molecule has 2 aromatic carbocycles. The first-order valence-electron chi connectivity index (χ1n) is 12.3. The Bertz CT molecular complexity index is 1090. The van der Waals surface area contributed by atoms with Crippen LogP contribution in [0.15, 0.2) is 48.5 Å². The second kappa shape index (κ2) is 9.45. The maximum absolute atomic E-state index is 12.7. The highest BCUT2D eigenvalue weighted by Crippen LogP contribution is 2.51. The molecule has 7 nitrogen and oxygen atoms in total. The summed E-state index contributed by atoms with van der Waals surface area (Å²) < 4.78 is 0. The van der Waals surface area contributed by atoms with Gasteiger partial charge in [-0.25, -0.2) is 0 Å². The molecule has 2 aromatic rings. The third-order valence-corrected chi connectivity index (χ3v) is 8.15. The van der Waals surface area contributed by atoms with Crippen molar-refractivity contribution in [1.29, 1.82) is 0 Å². The van der Waals surface area contributed by atoms with Crippen molar-refractivity contribution in [2.24, 2.45) is 5.41 Å². The average Bonchev–Trinajstić information content (AvgIpc) is 2.82. The summed E-state index contributed by atoms with van der Waals surface area (Å²) in [5.41, 5.74) is 2.47. The van der Waals surface area contributed by atoms with Gasteiger partial charge in [0.1, 0.15) is 0 Å². The minimum absolute atomic E-state index is 0.0869. The van der Waals surface area contributed by atoms with E-state index in [0.29, 0.717) is 22.2 Å². The van der Waals surface area contributed by atoms with E-state index in [-0.39, 0.29) is 17.2 Å². The first-order chi connectivity index (χ1) is 16.8. The minimum atomic E-state index is -1.07. The first kappa shape index (κ1) is 24.1. The van der Waals surface area contributed by atoms with Gasteiger partial charge >= 0.3 is 0 Å². The van der Waals surface area contributed by atoms with Gasteiger partial charge in [-0.2, -0.15) is 0 Å². The molecule has 0 bridgehead atoms. The fourth-order valence-electron chi connectivity index (χ4n) is 5.79. The molecule has 186 valence electrons. The van der Waals surface area contributed by atoms with Crippen molar-refractivity contribution in [2.75, 3.05) is 58.3 Å². The molecule has 1 unspecified atom stereocenters. The molecule has 2 saturated heterocycles. The molecular weight excluding hydrogens is 464 g/mol. The molecule has 1 spiro atoms. The number of carbonyl (C=O) groups is 2. The lowest BCUT2D eigenvalue weighted by atomic mass is 9.60. The van der Waals surface area contributed by atoms with E-state index in [2.05, 4.69) is 9.80 Å². The highest BCUT2D eigenvalue weighted by molar-refractivity contribution is 6.34. The summed E-state index contributed by atoms with van der Waals surface area (Å²) in [5.74, 6) is -0.271. The predicted octanol–water partition coefficient (Wildman–Crippen LogP) is 2.89. The van der Waals surface area contributed by atoms with Crippen molar-refractivity contribution in [3.63, 3.8) is 0 Å². The number of hydrogen-bond donors (Lipinski definition) is 1. The topological polar surface area (TPSA) is 67.3 Å². The molecule has 5 rings (SSSR count). The van der Waals surface area contributed by atoms with Gasteiger partial charge in [-0.05, 0) is 36.6 Å². The minimum Gasteiger partial charge on any atom is -0.378 e. The van der Waals surface area contributed by atoms with E-state index in [1.807, 2.05) is 36.4 Å². The number of benzene rings is 2. The lowest BCUT2D eigenvalue weighted by Crippen LogP contribution is -2.69. The normalized spacial score (nSPS) is 20.8. The number of piperazine rings is 1. The Hall–Kier alpha value is -2.61. The Kier molecular flexibility index (Phi) is 6.51. The largest absolute Gasteiger partial charge is 0.378 e. The van der Waals surface area contributed by atoms with Crippen LogP contribution in [0.1, 0.15) is 34.9 Å². The van der Waals surface area contributed by atoms with Gasteiger partial charge in [0.25, 0.3) is 11.8 Å². The third-order valence-electron chi connectivity index (χ3n) is 7.84. The fraction of sp³-hybridized carbons (Fsp3) is 0.481. The van der Waals surface area contributed by atoms with Crippen LogP contribution in [0.4, 0.5) is 5.69 Å². The number of likely N-dealkylation sites (tertiary alicyclic amines) is 1.